The molecule has 0 aromatic heterocycles. The fraction of sp³-hybridized carbons (Fsp3) is 0.786. The lowest BCUT2D eigenvalue weighted by molar-refractivity contribution is -0.149. The highest BCUT2D eigenvalue weighted by Crippen LogP contribution is 2.28. The van der Waals surface area contributed by atoms with E-state index in [1.54, 1.807) is 11.8 Å². The lowest BCUT2D eigenvalue weighted by atomic mass is 9.99. The Bertz CT molecular complexity index is 411. The SMILES string of the molecule is CC(C)CCNC(=O)NC(=O)CN1CCCC1(C)C(=O)O. The highest BCUT2D eigenvalue weighted by molar-refractivity contribution is 5.95. The molecule has 1 saturated heterocycles. The number of carboxylic acids is 1. The van der Waals surface area contributed by atoms with Crippen molar-refractivity contribution in [1.29, 1.82) is 0 Å². The number of aliphatic carboxylic acids is 1. The third kappa shape index (κ3) is 5.00. The molecule has 1 heterocycles. The average Bonchev–Trinajstić information content (AvgIpc) is 2.71. The van der Waals surface area contributed by atoms with Crippen LogP contribution in [0.4, 0.5) is 4.79 Å². The van der Waals surface area contributed by atoms with E-state index in [0.29, 0.717) is 25.4 Å². The zero-order chi connectivity index (χ0) is 16.0. The van der Waals surface area contributed by atoms with Crippen LogP contribution in [-0.2, 0) is 9.59 Å². The first-order valence-electron chi connectivity index (χ1n) is 7.32. The highest BCUT2D eigenvalue weighted by Gasteiger charge is 2.43. The van der Waals surface area contributed by atoms with E-state index in [1.807, 2.05) is 13.8 Å². The number of hydrogen-bond donors (Lipinski definition) is 3. The van der Waals surface area contributed by atoms with Crippen molar-refractivity contribution in [2.24, 2.45) is 5.92 Å². The standard InChI is InChI=1S/C14H25N3O4/c1-10(2)5-7-15-13(21)16-11(18)9-17-8-4-6-14(17,3)12(19)20/h10H,4-9H2,1-3H3,(H,19,20)(H2,15,16,18,21). The average molecular weight is 299 g/mol. The van der Waals surface area contributed by atoms with Crippen molar-refractivity contribution in [3.8, 4) is 0 Å². The van der Waals surface area contributed by atoms with Gasteiger partial charge in [-0.05, 0) is 38.6 Å². The molecule has 120 valence electrons. The molecule has 21 heavy (non-hydrogen) atoms. The van der Waals surface area contributed by atoms with Crippen LogP contribution in [0.2, 0.25) is 0 Å². The van der Waals surface area contributed by atoms with Crippen molar-refractivity contribution in [3.05, 3.63) is 0 Å². The van der Waals surface area contributed by atoms with Crippen LogP contribution in [-0.4, -0.2) is 53.1 Å². The summed E-state index contributed by atoms with van der Waals surface area (Å²) in [4.78, 5) is 36.2. The molecular formula is C14H25N3O4. The predicted octanol–water partition coefficient (Wildman–Crippen LogP) is 0.797. The monoisotopic (exact) mass is 299 g/mol. The Morgan fingerprint density at radius 3 is 2.57 bits per heavy atom. The molecule has 0 aromatic carbocycles. The van der Waals surface area contributed by atoms with Gasteiger partial charge in [0, 0.05) is 6.54 Å². The summed E-state index contributed by atoms with van der Waals surface area (Å²) in [6.45, 7) is 6.67. The van der Waals surface area contributed by atoms with Crippen LogP contribution in [0.1, 0.15) is 40.0 Å². The van der Waals surface area contributed by atoms with Crippen molar-refractivity contribution < 1.29 is 19.5 Å². The van der Waals surface area contributed by atoms with Gasteiger partial charge in [0.2, 0.25) is 5.91 Å². The number of rotatable bonds is 6. The molecule has 1 rings (SSSR count). The van der Waals surface area contributed by atoms with Gasteiger partial charge in [-0.1, -0.05) is 13.8 Å². The van der Waals surface area contributed by atoms with Crippen LogP contribution in [0.5, 0.6) is 0 Å². The van der Waals surface area contributed by atoms with Gasteiger partial charge in [-0.2, -0.15) is 0 Å². The van der Waals surface area contributed by atoms with Gasteiger partial charge in [0.1, 0.15) is 5.54 Å². The Morgan fingerprint density at radius 2 is 2.00 bits per heavy atom. The van der Waals surface area contributed by atoms with Crippen LogP contribution in [0.15, 0.2) is 0 Å². The van der Waals surface area contributed by atoms with Gasteiger partial charge in [0.15, 0.2) is 0 Å². The second-order valence-corrected chi connectivity index (χ2v) is 6.09. The minimum Gasteiger partial charge on any atom is -0.480 e. The van der Waals surface area contributed by atoms with Crippen LogP contribution < -0.4 is 10.6 Å². The molecule has 1 atom stereocenters. The number of likely N-dealkylation sites (tertiary alicyclic amines) is 1. The Morgan fingerprint density at radius 1 is 1.33 bits per heavy atom. The van der Waals surface area contributed by atoms with Crippen LogP contribution in [0.3, 0.4) is 0 Å². The highest BCUT2D eigenvalue weighted by atomic mass is 16.4. The second kappa shape index (κ2) is 7.40. The quantitative estimate of drug-likeness (QED) is 0.674. The van der Waals surface area contributed by atoms with Gasteiger partial charge in [-0.3, -0.25) is 19.8 Å². The molecule has 1 aliphatic rings. The van der Waals surface area contributed by atoms with Gasteiger partial charge >= 0.3 is 12.0 Å². The topological polar surface area (TPSA) is 98.7 Å². The lowest BCUT2D eigenvalue weighted by Crippen LogP contribution is -2.52. The first-order valence-corrected chi connectivity index (χ1v) is 7.32. The van der Waals surface area contributed by atoms with E-state index >= 15 is 0 Å². The van der Waals surface area contributed by atoms with Crippen molar-refractivity contribution in [3.63, 3.8) is 0 Å². The van der Waals surface area contributed by atoms with E-state index in [0.717, 1.165) is 12.8 Å². The van der Waals surface area contributed by atoms with Gasteiger partial charge in [0.05, 0.1) is 6.54 Å². The Balaban J connectivity index is 2.40. The van der Waals surface area contributed by atoms with E-state index in [4.69, 9.17) is 0 Å². The van der Waals surface area contributed by atoms with Crippen molar-refractivity contribution >= 4 is 17.9 Å². The maximum absolute atomic E-state index is 11.8. The number of carboxylic acid groups (broad SMARTS) is 1. The number of hydrogen-bond acceptors (Lipinski definition) is 4. The lowest BCUT2D eigenvalue weighted by Gasteiger charge is -2.30. The third-order valence-corrected chi connectivity index (χ3v) is 3.84. The van der Waals surface area contributed by atoms with Crippen molar-refractivity contribution in [2.45, 2.75) is 45.6 Å². The summed E-state index contributed by atoms with van der Waals surface area (Å²) in [5.41, 5.74) is -1.02. The maximum atomic E-state index is 11.8. The number of urea groups is 1. The van der Waals surface area contributed by atoms with Gasteiger partial charge in [-0.25, -0.2) is 4.79 Å². The molecule has 7 nitrogen and oxygen atoms in total. The molecule has 1 aliphatic heterocycles. The van der Waals surface area contributed by atoms with Crippen LogP contribution in [0.25, 0.3) is 0 Å². The Kier molecular flexibility index (Phi) is 6.14. The fourth-order valence-corrected chi connectivity index (χ4v) is 2.37. The summed E-state index contributed by atoms with van der Waals surface area (Å²) in [7, 11) is 0. The summed E-state index contributed by atoms with van der Waals surface area (Å²) in [6, 6.07) is -0.531. The molecule has 3 amide bonds. The maximum Gasteiger partial charge on any atom is 0.323 e. The molecule has 0 saturated carbocycles. The van der Waals surface area contributed by atoms with Gasteiger partial charge < -0.3 is 10.4 Å². The van der Waals surface area contributed by atoms with Crippen LogP contribution >= 0.6 is 0 Å². The number of nitrogens with one attached hydrogen (secondary N) is 2. The minimum absolute atomic E-state index is 0.0829. The molecule has 1 fully saturated rings. The molecule has 0 bridgehead atoms. The van der Waals surface area contributed by atoms with Gasteiger partial charge in [0.25, 0.3) is 0 Å². The molecule has 1 unspecified atom stereocenters. The summed E-state index contributed by atoms with van der Waals surface area (Å²) >= 11 is 0. The summed E-state index contributed by atoms with van der Waals surface area (Å²) in [6.07, 6.45) is 2.08. The van der Waals surface area contributed by atoms with E-state index in [-0.39, 0.29) is 6.54 Å². The number of nitrogens with zero attached hydrogens (tertiary/aromatic N) is 1. The summed E-state index contributed by atoms with van der Waals surface area (Å²) in [5.74, 6) is -0.942. The Hall–Kier alpha value is -1.63. The Labute approximate surface area is 125 Å². The number of amides is 3. The number of carbonyl (C=O) groups is 3. The first-order chi connectivity index (χ1) is 9.75. The normalized spacial score (nSPS) is 22.3. The summed E-state index contributed by atoms with van der Waals surface area (Å²) in [5, 5.41) is 14.1. The largest absolute Gasteiger partial charge is 0.480 e. The van der Waals surface area contributed by atoms with Crippen molar-refractivity contribution in [2.75, 3.05) is 19.6 Å². The second-order valence-electron chi connectivity index (χ2n) is 6.09. The number of imide groups is 1. The molecule has 0 aromatic rings. The molecule has 0 radical (unpaired) electrons. The number of carbonyl (C=O) groups excluding carboxylic acids is 2. The smallest absolute Gasteiger partial charge is 0.323 e. The zero-order valence-electron chi connectivity index (χ0n) is 12.9. The van der Waals surface area contributed by atoms with Gasteiger partial charge in [-0.15, -0.1) is 0 Å². The first kappa shape index (κ1) is 17.4. The molecule has 3 N–H and O–H groups in total. The molecule has 0 spiro atoms. The van der Waals surface area contributed by atoms with E-state index in [2.05, 4.69) is 10.6 Å². The molecule has 7 heteroatoms. The fourth-order valence-electron chi connectivity index (χ4n) is 2.37. The molecule has 0 aliphatic carbocycles. The predicted molar refractivity (Wildman–Crippen MR) is 77.8 cm³/mol. The van der Waals surface area contributed by atoms with E-state index < -0.39 is 23.4 Å². The van der Waals surface area contributed by atoms with E-state index in [1.165, 1.54) is 0 Å². The zero-order valence-corrected chi connectivity index (χ0v) is 12.9. The third-order valence-electron chi connectivity index (χ3n) is 3.84. The van der Waals surface area contributed by atoms with Crippen LogP contribution in [0, 0.1) is 5.92 Å². The van der Waals surface area contributed by atoms with Crippen molar-refractivity contribution in [1.82, 2.24) is 15.5 Å². The summed E-state index contributed by atoms with van der Waals surface area (Å²) < 4.78 is 0. The van der Waals surface area contributed by atoms with E-state index in [9.17, 15) is 19.5 Å². The molecular weight excluding hydrogens is 274 g/mol. The minimum atomic E-state index is -1.02.